The Morgan fingerprint density at radius 3 is 2.48 bits per heavy atom. The highest BCUT2D eigenvalue weighted by atomic mass is 79.9. The molecule has 1 aliphatic heterocycles. The van der Waals surface area contributed by atoms with Crippen LogP contribution >= 0.6 is 15.9 Å². The fraction of sp³-hybridized carbons (Fsp3) is 0.500. The van der Waals surface area contributed by atoms with E-state index in [0.29, 0.717) is 19.5 Å². The van der Waals surface area contributed by atoms with Crippen molar-refractivity contribution in [3.8, 4) is 0 Å². The lowest BCUT2D eigenvalue weighted by Crippen LogP contribution is -2.46. The van der Waals surface area contributed by atoms with Crippen LogP contribution in [0.2, 0.25) is 0 Å². The van der Waals surface area contributed by atoms with Crippen LogP contribution in [0.1, 0.15) is 31.2 Å². The van der Waals surface area contributed by atoms with E-state index in [-0.39, 0.29) is 5.91 Å². The van der Waals surface area contributed by atoms with Gasteiger partial charge in [0.25, 0.3) is 0 Å². The minimum atomic E-state index is -0.791. The molecule has 0 spiro atoms. The highest BCUT2D eigenvalue weighted by Gasteiger charge is 2.53. The number of nitrogens with zero attached hydrogens (tertiary/aromatic N) is 1. The van der Waals surface area contributed by atoms with Crippen molar-refractivity contribution in [3.05, 3.63) is 34.3 Å². The van der Waals surface area contributed by atoms with Crippen molar-refractivity contribution in [2.24, 2.45) is 5.92 Å². The van der Waals surface area contributed by atoms with E-state index in [1.807, 2.05) is 24.3 Å². The maximum Gasteiger partial charge on any atom is 0.308 e. The van der Waals surface area contributed by atoms with E-state index in [1.54, 1.807) is 4.90 Å². The highest BCUT2D eigenvalue weighted by Crippen LogP contribution is 2.50. The molecule has 0 bridgehead atoms. The molecule has 1 saturated carbocycles. The van der Waals surface area contributed by atoms with Crippen LogP contribution < -0.4 is 0 Å². The van der Waals surface area contributed by atoms with Gasteiger partial charge in [0, 0.05) is 17.6 Å². The predicted molar refractivity (Wildman–Crippen MR) is 82.0 cm³/mol. The maximum atomic E-state index is 12.9. The number of piperidine rings is 1. The zero-order chi connectivity index (χ0) is 15.0. The minimum Gasteiger partial charge on any atom is -0.481 e. The summed E-state index contributed by atoms with van der Waals surface area (Å²) in [6, 6.07) is 7.90. The van der Waals surface area contributed by atoms with Crippen LogP contribution in [0.5, 0.6) is 0 Å². The molecule has 1 amide bonds. The molecule has 21 heavy (non-hydrogen) atoms. The Hall–Kier alpha value is -1.36. The van der Waals surface area contributed by atoms with Crippen molar-refractivity contribution < 1.29 is 14.7 Å². The van der Waals surface area contributed by atoms with Crippen LogP contribution in [0.15, 0.2) is 28.7 Å². The number of carbonyl (C=O) groups is 2. The lowest BCUT2D eigenvalue weighted by molar-refractivity contribution is -0.146. The Kier molecular flexibility index (Phi) is 3.78. The number of carbonyl (C=O) groups excluding carboxylic acids is 1. The van der Waals surface area contributed by atoms with E-state index >= 15 is 0 Å². The number of amides is 1. The van der Waals surface area contributed by atoms with E-state index in [0.717, 1.165) is 29.3 Å². The minimum absolute atomic E-state index is 0.107. The number of hydrogen-bond donors (Lipinski definition) is 1. The van der Waals surface area contributed by atoms with E-state index in [4.69, 9.17) is 5.11 Å². The Labute approximate surface area is 132 Å². The molecule has 3 rings (SSSR count). The molecule has 2 fully saturated rings. The third kappa shape index (κ3) is 2.71. The number of carboxylic acid groups (broad SMARTS) is 1. The second-order valence-corrected chi connectivity index (χ2v) is 6.93. The third-order valence-electron chi connectivity index (χ3n) is 4.61. The zero-order valence-electron chi connectivity index (χ0n) is 11.7. The van der Waals surface area contributed by atoms with Crippen LogP contribution in [0.25, 0.3) is 0 Å². The fourth-order valence-corrected chi connectivity index (χ4v) is 3.45. The lowest BCUT2D eigenvalue weighted by atomic mass is 9.91. The van der Waals surface area contributed by atoms with Crippen molar-refractivity contribution in [1.29, 1.82) is 0 Å². The standard InChI is InChI=1S/C16H18BrNO3/c17-13-5-3-12(4-6-13)16(7-8-16)15(21)18-9-1-2-11(10-18)14(19)20/h3-6,11H,1-2,7-10H2,(H,19,20). The van der Waals surface area contributed by atoms with Crippen LogP contribution in [-0.4, -0.2) is 35.0 Å². The number of halogens is 1. The quantitative estimate of drug-likeness (QED) is 0.910. The van der Waals surface area contributed by atoms with E-state index < -0.39 is 17.3 Å². The van der Waals surface area contributed by atoms with Gasteiger partial charge in [0.2, 0.25) is 5.91 Å². The average molecular weight is 352 g/mol. The summed E-state index contributed by atoms with van der Waals surface area (Å²) in [6.45, 7) is 1.04. The van der Waals surface area contributed by atoms with Gasteiger partial charge in [-0.2, -0.15) is 0 Å². The van der Waals surface area contributed by atoms with Gasteiger partial charge in [-0.15, -0.1) is 0 Å². The first-order chi connectivity index (χ1) is 10.0. The molecule has 1 aromatic rings. The number of aliphatic carboxylic acids is 1. The van der Waals surface area contributed by atoms with Gasteiger partial charge in [0.05, 0.1) is 11.3 Å². The third-order valence-corrected chi connectivity index (χ3v) is 5.14. The topological polar surface area (TPSA) is 57.6 Å². The van der Waals surface area contributed by atoms with Crippen molar-refractivity contribution in [2.45, 2.75) is 31.1 Å². The van der Waals surface area contributed by atoms with Crippen molar-refractivity contribution in [1.82, 2.24) is 4.90 Å². The van der Waals surface area contributed by atoms with Gasteiger partial charge >= 0.3 is 5.97 Å². The van der Waals surface area contributed by atoms with Crippen LogP contribution in [0, 0.1) is 5.92 Å². The summed E-state index contributed by atoms with van der Waals surface area (Å²) in [5, 5.41) is 9.16. The fourth-order valence-electron chi connectivity index (χ4n) is 3.19. The SMILES string of the molecule is O=C(O)C1CCCN(C(=O)C2(c3ccc(Br)cc3)CC2)C1. The smallest absolute Gasteiger partial charge is 0.308 e. The summed E-state index contributed by atoms with van der Waals surface area (Å²) in [7, 11) is 0. The molecule has 1 N–H and O–H groups in total. The first kappa shape index (κ1) is 14.6. The van der Waals surface area contributed by atoms with Gasteiger partial charge in [-0.05, 0) is 43.4 Å². The van der Waals surface area contributed by atoms with Crippen molar-refractivity contribution in [2.75, 3.05) is 13.1 Å². The molecule has 1 atom stereocenters. The van der Waals surface area contributed by atoms with Gasteiger partial charge in [0.1, 0.15) is 0 Å². The maximum absolute atomic E-state index is 12.9. The summed E-state index contributed by atoms with van der Waals surface area (Å²) < 4.78 is 0.999. The normalized spacial score (nSPS) is 23.7. The lowest BCUT2D eigenvalue weighted by Gasteiger charge is -2.33. The first-order valence-electron chi connectivity index (χ1n) is 7.31. The molecule has 1 aliphatic carbocycles. The molecule has 5 heteroatoms. The number of hydrogen-bond acceptors (Lipinski definition) is 2. The highest BCUT2D eigenvalue weighted by molar-refractivity contribution is 9.10. The first-order valence-corrected chi connectivity index (χ1v) is 8.10. The van der Waals surface area contributed by atoms with E-state index in [2.05, 4.69) is 15.9 Å². The molecule has 1 heterocycles. The molecule has 1 unspecified atom stereocenters. The van der Waals surface area contributed by atoms with Crippen LogP contribution in [0.3, 0.4) is 0 Å². The zero-order valence-corrected chi connectivity index (χ0v) is 13.3. The Bertz CT molecular complexity index is 565. The average Bonchev–Trinajstić information content (AvgIpc) is 3.29. The van der Waals surface area contributed by atoms with Crippen LogP contribution in [-0.2, 0) is 15.0 Å². The van der Waals surface area contributed by atoms with Gasteiger partial charge in [-0.25, -0.2) is 0 Å². The van der Waals surface area contributed by atoms with Gasteiger partial charge < -0.3 is 10.0 Å². The second kappa shape index (κ2) is 5.44. The monoisotopic (exact) mass is 351 g/mol. The summed E-state index contributed by atoms with van der Waals surface area (Å²) >= 11 is 3.41. The summed E-state index contributed by atoms with van der Waals surface area (Å²) in [5.41, 5.74) is 0.648. The predicted octanol–water partition coefficient (Wildman–Crippen LogP) is 2.80. The molecular formula is C16H18BrNO3. The van der Waals surface area contributed by atoms with Crippen LogP contribution in [0.4, 0.5) is 0 Å². The molecule has 4 nitrogen and oxygen atoms in total. The Balaban J connectivity index is 1.78. The largest absolute Gasteiger partial charge is 0.481 e. The molecule has 1 saturated heterocycles. The Morgan fingerprint density at radius 2 is 1.90 bits per heavy atom. The number of likely N-dealkylation sites (tertiary alicyclic amines) is 1. The molecule has 2 aliphatic rings. The number of carboxylic acids is 1. The molecule has 112 valence electrons. The second-order valence-electron chi connectivity index (χ2n) is 6.02. The van der Waals surface area contributed by atoms with E-state index in [1.165, 1.54) is 0 Å². The van der Waals surface area contributed by atoms with Gasteiger partial charge in [0.15, 0.2) is 0 Å². The molecule has 0 radical (unpaired) electrons. The summed E-state index contributed by atoms with van der Waals surface area (Å²) in [5.74, 6) is -1.10. The molecule has 0 aromatic heterocycles. The van der Waals surface area contributed by atoms with E-state index in [9.17, 15) is 9.59 Å². The van der Waals surface area contributed by atoms with Gasteiger partial charge in [-0.3, -0.25) is 9.59 Å². The number of benzene rings is 1. The van der Waals surface area contributed by atoms with Crippen molar-refractivity contribution in [3.63, 3.8) is 0 Å². The Morgan fingerprint density at radius 1 is 1.24 bits per heavy atom. The number of rotatable bonds is 3. The summed E-state index contributed by atoms with van der Waals surface area (Å²) in [6.07, 6.45) is 3.17. The van der Waals surface area contributed by atoms with Gasteiger partial charge in [-0.1, -0.05) is 28.1 Å². The van der Waals surface area contributed by atoms with Crippen molar-refractivity contribution >= 4 is 27.8 Å². The summed E-state index contributed by atoms with van der Waals surface area (Å²) in [4.78, 5) is 25.8. The molecular weight excluding hydrogens is 334 g/mol. The molecule has 1 aromatic carbocycles.